The van der Waals surface area contributed by atoms with Crippen molar-refractivity contribution in [1.82, 2.24) is 0 Å². The standard InChI is InChI=1S/C32H52O2/c1-20-11-15-29(6)17-18-32(9)27(26(29)21(20)2)23(34-22(3)33)19-25-30(7)14-10-13-28(4,5)24(30)12-16-31(25,32)8/h21,23-27H,1,10-19H2,2-9H3. The lowest BCUT2D eigenvalue weighted by Gasteiger charge is -2.74. The first-order chi connectivity index (χ1) is 15.7. The van der Waals surface area contributed by atoms with Crippen LogP contribution in [0.25, 0.3) is 0 Å². The highest BCUT2D eigenvalue weighted by molar-refractivity contribution is 5.66. The third-order valence-corrected chi connectivity index (χ3v) is 13.6. The normalized spacial score (nSPS) is 54.2. The van der Waals surface area contributed by atoms with Crippen molar-refractivity contribution in [3.8, 4) is 0 Å². The zero-order valence-electron chi connectivity index (χ0n) is 23.6. The second-order valence-electron chi connectivity index (χ2n) is 15.4. The van der Waals surface area contributed by atoms with Gasteiger partial charge in [0.05, 0.1) is 0 Å². The second-order valence-corrected chi connectivity index (χ2v) is 15.4. The zero-order valence-corrected chi connectivity index (χ0v) is 23.6. The summed E-state index contributed by atoms with van der Waals surface area (Å²) in [6.07, 6.45) is 13.0. The van der Waals surface area contributed by atoms with E-state index in [-0.39, 0.29) is 17.5 Å². The molecular weight excluding hydrogens is 416 g/mol. The van der Waals surface area contributed by atoms with Crippen molar-refractivity contribution >= 4 is 5.97 Å². The third kappa shape index (κ3) is 3.14. The molecule has 5 aliphatic carbocycles. The molecule has 0 aromatic heterocycles. The summed E-state index contributed by atoms with van der Waals surface area (Å²) < 4.78 is 6.41. The molecule has 192 valence electrons. The van der Waals surface area contributed by atoms with Crippen LogP contribution >= 0.6 is 0 Å². The Labute approximate surface area is 210 Å². The number of carbonyl (C=O) groups excluding carboxylic acids is 1. The Morgan fingerprint density at radius 3 is 2.26 bits per heavy atom. The quantitative estimate of drug-likeness (QED) is 0.284. The molecule has 5 aliphatic rings. The van der Waals surface area contributed by atoms with Crippen LogP contribution in [0.1, 0.15) is 120 Å². The molecule has 0 N–H and O–H groups in total. The van der Waals surface area contributed by atoms with Crippen molar-refractivity contribution in [3.63, 3.8) is 0 Å². The van der Waals surface area contributed by atoms with Gasteiger partial charge in [0.1, 0.15) is 6.10 Å². The van der Waals surface area contributed by atoms with Crippen LogP contribution < -0.4 is 0 Å². The van der Waals surface area contributed by atoms with Crippen LogP contribution in [0.3, 0.4) is 0 Å². The summed E-state index contributed by atoms with van der Waals surface area (Å²) >= 11 is 0. The Bertz CT molecular complexity index is 872. The van der Waals surface area contributed by atoms with Gasteiger partial charge in [0.2, 0.25) is 0 Å². The summed E-state index contributed by atoms with van der Waals surface area (Å²) in [5, 5.41) is 0. The van der Waals surface area contributed by atoms with Crippen LogP contribution in [-0.4, -0.2) is 12.1 Å². The Kier molecular flexibility index (Phi) is 5.57. The van der Waals surface area contributed by atoms with E-state index < -0.39 is 0 Å². The highest BCUT2D eigenvalue weighted by atomic mass is 16.5. The third-order valence-electron chi connectivity index (χ3n) is 13.6. The molecule has 0 aromatic rings. The first-order valence-corrected chi connectivity index (χ1v) is 14.5. The Hall–Kier alpha value is -0.790. The molecule has 34 heavy (non-hydrogen) atoms. The van der Waals surface area contributed by atoms with Crippen molar-refractivity contribution in [3.05, 3.63) is 12.2 Å². The molecule has 5 fully saturated rings. The van der Waals surface area contributed by atoms with Gasteiger partial charge in [0, 0.05) is 12.8 Å². The molecule has 2 nitrogen and oxygen atoms in total. The molecule has 2 heteroatoms. The van der Waals surface area contributed by atoms with E-state index >= 15 is 0 Å². The predicted octanol–water partition coefficient (Wildman–Crippen LogP) is 8.60. The monoisotopic (exact) mass is 468 g/mol. The van der Waals surface area contributed by atoms with Crippen molar-refractivity contribution in [2.24, 2.45) is 56.7 Å². The fourth-order valence-electron chi connectivity index (χ4n) is 11.7. The second kappa shape index (κ2) is 7.61. The average Bonchev–Trinajstić information content (AvgIpc) is 2.72. The average molecular weight is 469 g/mol. The number of rotatable bonds is 1. The lowest BCUT2D eigenvalue weighted by atomic mass is 9.31. The van der Waals surface area contributed by atoms with E-state index in [2.05, 4.69) is 55.0 Å². The van der Waals surface area contributed by atoms with E-state index in [1.807, 2.05) is 0 Å². The number of ether oxygens (including phenoxy) is 1. The molecule has 5 saturated carbocycles. The summed E-state index contributed by atoms with van der Waals surface area (Å²) in [5.74, 6) is 2.87. The molecule has 0 amide bonds. The molecular formula is C32H52O2. The smallest absolute Gasteiger partial charge is 0.302 e. The van der Waals surface area contributed by atoms with Crippen LogP contribution in [-0.2, 0) is 9.53 Å². The largest absolute Gasteiger partial charge is 0.462 e. The maximum atomic E-state index is 12.5. The summed E-state index contributed by atoms with van der Waals surface area (Å²) in [4.78, 5) is 12.5. The fraction of sp³-hybridized carbons (Fsp3) is 0.906. The van der Waals surface area contributed by atoms with Crippen molar-refractivity contribution in [1.29, 1.82) is 0 Å². The maximum Gasteiger partial charge on any atom is 0.302 e. The number of hydrogen-bond donors (Lipinski definition) is 0. The van der Waals surface area contributed by atoms with E-state index in [9.17, 15) is 4.79 Å². The molecule has 0 heterocycles. The van der Waals surface area contributed by atoms with Crippen LogP contribution in [0.5, 0.6) is 0 Å². The van der Waals surface area contributed by atoms with Gasteiger partial charge in [-0.3, -0.25) is 4.79 Å². The van der Waals surface area contributed by atoms with Crippen LogP contribution in [0.4, 0.5) is 0 Å². The minimum atomic E-state index is -0.0768. The van der Waals surface area contributed by atoms with Crippen molar-refractivity contribution in [2.75, 3.05) is 0 Å². The van der Waals surface area contributed by atoms with E-state index in [1.165, 1.54) is 63.4 Å². The number of hydrogen-bond acceptors (Lipinski definition) is 2. The van der Waals surface area contributed by atoms with Crippen LogP contribution in [0.2, 0.25) is 0 Å². The van der Waals surface area contributed by atoms with Gasteiger partial charge in [-0.25, -0.2) is 0 Å². The molecule has 10 atom stereocenters. The van der Waals surface area contributed by atoms with Gasteiger partial charge >= 0.3 is 5.97 Å². The molecule has 0 saturated heterocycles. The zero-order chi connectivity index (χ0) is 24.9. The Balaban J connectivity index is 1.64. The highest BCUT2D eigenvalue weighted by Gasteiger charge is 2.71. The van der Waals surface area contributed by atoms with Gasteiger partial charge in [-0.1, -0.05) is 67.0 Å². The maximum absolute atomic E-state index is 12.5. The van der Waals surface area contributed by atoms with E-state index in [4.69, 9.17) is 4.74 Å². The first-order valence-electron chi connectivity index (χ1n) is 14.5. The van der Waals surface area contributed by atoms with Crippen LogP contribution in [0.15, 0.2) is 12.2 Å². The molecule has 0 radical (unpaired) electrons. The summed E-state index contributed by atoms with van der Waals surface area (Å²) in [5.41, 5.74) is 3.08. The Morgan fingerprint density at radius 2 is 1.59 bits per heavy atom. The predicted molar refractivity (Wildman–Crippen MR) is 140 cm³/mol. The van der Waals surface area contributed by atoms with E-state index in [0.717, 1.165) is 12.3 Å². The van der Waals surface area contributed by atoms with Gasteiger partial charge in [-0.15, -0.1) is 0 Å². The topological polar surface area (TPSA) is 26.3 Å². The minimum absolute atomic E-state index is 0.0548. The number of fused-ring (bicyclic) bond motifs is 7. The summed E-state index contributed by atoms with van der Waals surface area (Å²) in [6, 6.07) is 0. The SMILES string of the molecule is C=C1CCC2(C)CCC3(C)C(C(OC(C)=O)CC4C5(C)CCCC(C)(C)C5CCC43C)C2C1C. The van der Waals surface area contributed by atoms with Gasteiger partial charge in [0.15, 0.2) is 0 Å². The number of allylic oxidation sites excluding steroid dienone is 1. The van der Waals surface area contributed by atoms with Gasteiger partial charge < -0.3 is 4.74 Å². The molecule has 0 bridgehead atoms. The molecule has 0 aliphatic heterocycles. The number of esters is 1. The van der Waals surface area contributed by atoms with E-state index in [1.54, 1.807) is 6.92 Å². The molecule has 0 aromatic carbocycles. The van der Waals surface area contributed by atoms with Crippen molar-refractivity contribution in [2.45, 2.75) is 126 Å². The molecule has 10 unspecified atom stereocenters. The first kappa shape index (κ1) is 24.9. The van der Waals surface area contributed by atoms with Crippen LogP contribution in [0, 0.1) is 56.7 Å². The van der Waals surface area contributed by atoms with Gasteiger partial charge in [-0.2, -0.15) is 0 Å². The lowest BCUT2D eigenvalue weighted by Crippen LogP contribution is -2.69. The molecule has 5 rings (SSSR count). The summed E-state index contributed by atoms with van der Waals surface area (Å²) in [7, 11) is 0. The van der Waals surface area contributed by atoms with Crippen molar-refractivity contribution < 1.29 is 9.53 Å². The fourth-order valence-corrected chi connectivity index (χ4v) is 11.7. The van der Waals surface area contributed by atoms with Gasteiger partial charge in [-0.05, 0) is 109 Å². The van der Waals surface area contributed by atoms with Gasteiger partial charge in [0.25, 0.3) is 0 Å². The van der Waals surface area contributed by atoms with E-state index in [0.29, 0.717) is 45.3 Å². The molecule has 0 spiro atoms. The highest BCUT2D eigenvalue weighted by Crippen LogP contribution is 2.77. The minimum Gasteiger partial charge on any atom is -0.462 e. The summed E-state index contributed by atoms with van der Waals surface area (Å²) in [6.45, 7) is 24.2. The Morgan fingerprint density at radius 1 is 0.882 bits per heavy atom. The number of carbonyl (C=O) groups is 1. The lowest BCUT2D eigenvalue weighted by molar-refractivity contribution is -0.273.